The number of rotatable bonds is 3. The molecule has 1 aliphatic rings. The van der Waals surface area contributed by atoms with Crippen molar-refractivity contribution in [2.75, 3.05) is 6.54 Å². The van der Waals surface area contributed by atoms with E-state index in [0.29, 0.717) is 24.2 Å². The van der Waals surface area contributed by atoms with Gasteiger partial charge in [0.1, 0.15) is 6.04 Å². The van der Waals surface area contributed by atoms with Crippen molar-refractivity contribution in [1.82, 2.24) is 8.87 Å². The van der Waals surface area contributed by atoms with Crippen LogP contribution in [0, 0.1) is 6.92 Å². The van der Waals surface area contributed by atoms with Gasteiger partial charge < -0.3 is 4.57 Å². The van der Waals surface area contributed by atoms with Crippen LogP contribution in [0.4, 0.5) is 0 Å². The van der Waals surface area contributed by atoms with Crippen molar-refractivity contribution < 1.29 is 13.2 Å². The first kappa shape index (κ1) is 17.1. The summed E-state index contributed by atoms with van der Waals surface area (Å²) in [6, 6.07) is 5.96. The molecule has 24 heavy (non-hydrogen) atoms. The number of aromatic nitrogens is 1. The molecule has 0 saturated carbocycles. The second-order valence-electron chi connectivity index (χ2n) is 5.83. The van der Waals surface area contributed by atoms with Crippen molar-refractivity contribution in [2.45, 2.75) is 30.7 Å². The van der Waals surface area contributed by atoms with E-state index in [1.165, 1.54) is 15.6 Å². The molecule has 1 fully saturated rings. The third-order valence-corrected chi connectivity index (χ3v) is 6.85. The minimum Gasteiger partial charge on any atom is -0.327 e. The van der Waals surface area contributed by atoms with E-state index in [1.807, 2.05) is 18.5 Å². The molecule has 1 aromatic heterocycles. The lowest BCUT2D eigenvalue weighted by molar-refractivity contribution is -0.121. The van der Waals surface area contributed by atoms with Gasteiger partial charge in [0.15, 0.2) is 4.80 Å². The van der Waals surface area contributed by atoms with Crippen LogP contribution in [-0.2, 0) is 21.9 Å². The molecule has 2 aromatic rings. The van der Waals surface area contributed by atoms with Gasteiger partial charge in [0, 0.05) is 25.2 Å². The average Bonchev–Trinajstić information content (AvgIpc) is 3.18. The summed E-state index contributed by atoms with van der Waals surface area (Å²) in [4.78, 5) is 17.4. The van der Waals surface area contributed by atoms with Crippen LogP contribution in [-0.4, -0.2) is 35.8 Å². The Morgan fingerprint density at radius 3 is 2.62 bits per heavy atom. The molecule has 0 unspecified atom stereocenters. The van der Waals surface area contributed by atoms with Crippen molar-refractivity contribution in [3.63, 3.8) is 0 Å². The highest BCUT2D eigenvalue weighted by Gasteiger charge is 2.39. The number of thiazole rings is 1. The number of benzene rings is 1. The summed E-state index contributed by atoms with van der Waals surface area (Å²) in [5.41, 5.74) is 0.989. The minimum absolute atomic E-state index is 0.217. The molecule has 128 valence electrons. The summed E-state index contributed by atoms with van der Waals surface area (Å²) in [7, 11) is -1.89. The number of nitrogens with zero attached hydrogens (tertiary/aromatic N) is 3. The molecule has 8 heteroatoms. The molecule has 1 aliphatic heterocycles. The maximum absolute atomic E-state index is 12.9. The van der Waals surface area contributed by atoms with Gasteiger partial charge in [-0.2, -0.15) is 9.30 Å². The Morgan fingerprint density at radius 2 is 2.00 bits per heavy atom. The molecule has 1 amide bonds. The Bertz CT molecular complexity index is 911. The van der Waals surface area contributed by atoms with Crippen molar-refractivity contribution >= 4 is 27.3 Å². The van der Waals surface area contributed by atoms with Crippen LogP contribution in [0.25, 0.3) is 0 Å². The normalized spacial score (nSPS) is 19.8. The molecule has 0 radical (unpaired) electrons. The highest BCUT2D eigenvalue weighted by Crippen LogP contribution is 2.27. The van der Waals surface area contributed by atoms with Crippen LogP contribution in [0.15, 0.2) is 45.7 Å². The molecule has 1 saturated heterocycles. The predicted molar refractivity (Wildman–Crippen MR) is 92.0 cm³/mol. The predicted octanol–water partition coefficient (Wildman–Crippen LogP) is 1.68. The molecule has 0 N–H and O–H groups in total. The molecule has 6 nitrogen and oxygen atoms in total. The topological polar surface area (TPSA) is 71.7 Å². The zero-order chi connectivity index (χ0) is 17.3. The largest absolute Gasteiger partial charge is 0.327 e. The molecule has 1 aromatic carbocycles. The first-order valence-corrected chi connectivity index (χ1v) is 9.99. The van der Waals surface area contributed by atoms with Crippen molar-refractivity contribution in [1.29, 1.82) is 0 Å². The van der Waals surface area contributed by atoms with Gasteiger partial charge >= 0.3 is 0 Å². The molecule has 0 bridgehead atoms. The third kappa shape index (κ3) is 3.22. The van der Waals surface area contributed by atoms with Gasteiger partial charge in [-0.05, 0) is 31.9 Å². The summed E-state index contributed by atoms with van der Waals surface area (Å²) < 4.78 is 28.8. The third-order valence-electron chi connectivity index (χ3n) is 4.08. The van der Waals surface area contributed by atoms with Gasteiger partial charge in [0.05, 0.1) is 4.90 Å². The number of hydrogen-bond donors (Lipinski definition) is 0. The summed E-state index contributed by atoms with van der Waals surface area (Å²) in [6.45, 7) is 2.25. The fraction of sp³-hybridized carbons (Fsp3) is 0.375. The molecule has 0 aliphatic carbocycles. The monoisotopic (exact) mass is 365 g/mol. The first-order valence-electron chi connectivity index (χ1n) is 7.67. The lowest BCUT2D eigenvalue weighted by Crippen LogP contribution is -2.40. The van der Waals surface area contributed by atoms with Gasteiger partial charge in [0.2, 0.25) is 10.0 Å². The van der Waals surface area contributed by atoms with Gasteiger partial charge in [-0.15, -0.1) is 11.3 Å². The van der Waals surface area contributed by atoms with E-state index in [0.717, 1.165) is 5.56 Å². The van der Waals surface area contributed by atoms with Crippen LogP contribution in [0.1, 0.15) is 18.4 Å². The van der Waals surface area contributed by atoms with E-state index in [-0.39, 0.29) is 4.90 Å². The zero-order valence-corrected chi connectivity index (χ0v) is 15.2. The van der Waals surface area contributed by atoms with E-state index in [1.54, 1.807) is 35.9 Å². The van der Waals surface area contributed by atoms with Crippen LogP contribution >= 0.6 is 11.3 Å². The molecule has 0 spiro atoms. The highest BCUT2D eigenvalue weighted by molar-refractivity contribution is 7.89. The Labute approximate surface area is 145 Å². The van der Waals surface area contributed by atoms with Crippen LogP contribution in [0.2, 0.25) is 0 Å². The van der Waals surface area contributed by atoms with E-state index in [9.17, 15) is 13.2 Å². The van der Waals surface area contributed by atoms with E-state index < -0.39 is 22.0 Å². The van der Waals surface area contributed by atoms with Gasteiger partial charge in [-0.1, -0.05) is 17.7 Å². The van der Waals surface area contributed by atoms with E-state index in [2.05, 4.69) is 4.99 Å². The van der Waals surface area contributed by atoms with Crippen molar-refractivity contribution in [3.8, 4) is 0 Å². The Morgan fingerprint density at radius 1 is 1.29 bits per heavy atom. The SMILES string of the molecule is Cc1ccc(S(=O)(=O)N2CCC[C@H]2C(=O)N=c2sccn2C)cc1. The number of carbonyl (C=O) groups is 1. The first-order chi connectivity index (χ1) is 11.4. The van der Waals surface area contributed by atoms with Gasteiger partial charge in [-0.3, -0.25) is 4.79 Å². The summed E-state index contributed by atoms with van der Waals surface area (Å²) in [5, 5.41) is 1.83. The van der Waals surface area contributed by atoms with Crippen molar-refractivity contribution in [2.24, 2.45) is 12.0 Å². The van der Waals surface area contributed by atoms with Gasteiger partial charge in [0.25, 0.3) is 5.91 Å². The highest BCUT2D eigenvalue weighted by atomic mass is 32.2. The minimum atomic E-state index is -3.69. The standard InChI is InChI=1S/C16H19N3O3S2/c1-12-5-7-13(8-6-12)24(21,22)19-9-3-4-14(19)15(20)17-16-18(2)10-11-23-16/h5-8,10-11,14H,3-4,9H2,1-2H3/t14-/m0/s1. The fourth-order valence-corrected chi connectivity index (χ4v) is 5.11. The van der Waals surface area contributed by atoms with E-state index >= 15 is 0 Å². The molecule has 2 heterocycles. The van der Waals surface area contributed by atoms with Crippen molar-refractivity contribution in [3.05, 3.63) is 46.2 Å². The smallest absolute Gasteiger partial charge is 0.266 e. The number of hydrogen-bond acceptors (Lipinski definition) is 4. The second kappa shape index (κ2) is 6.62. The number of amides is 1. The molecular weight excluding hydrogens is 346 g/mol. The quantitative estimate of drug-likeness (QED) is 0.831. The maximum Gasteiger partial charge on any atom is 0.266 e. The summed E-state index contributed by atoms with van der Waals surface area (Å²) >= 11 is 1.35. The lowest BCUT2D eigenvalue weighted by atomic mass is 10.2. The molecular formula is C16H19N3O3S2. The fourth-order valence-electron chi connectivity index (χ4n) is 2.72. The number of sulfonamides is 1. The Hall–Kier alpha value is -1.77. The number of aryl methyl sites for hydroxylation is 2. The van der Waals surface area contributed by atoms with Crippen LogP contribution in [0.3, 0.4) is 0 Å². The van der Waals surface area contributed by atoms with Crippen LogP contribution < -0.4 is 4.80 Å². The average molecular weight is 365 g/mol. The Kier molecular flexibility index (Phi) is 4.71. The lowest BCUT2D eigenvalue weighted by Gasteiger charge is -2.21. The number of carbonyl (C=O) groups excluding carboxylic acids is 1. The van der Waals surface area contributed by atoms with Crippen LogP contribution in [0.5, 0.6) is 0 Å². The maximum atomic E-state index is 12.9. The molecule has 3 rings (SSSR count). The summed E-state index contributed by atoms with van der Waals surface area (Å²) in [6.07, 6.45) is 2.97. The molecule has 1 atom stereocenters. The summed E-state index contributed by atoms with van der Waals surface area (Å²) in [5.74, 6) is -0.402. The second-order valence-corrected chi connectivity index (χ2v) is 8.60. The zero-order valence-electron chi connectivity index (χ0n) is 13.5. The van der Waals surface area contributed by atoms with E-state index in [4.69, 9.17) is 0 Å². The Balaban J connectivity index is 1.92. The van der Waals surface area contributed by atoms with Gasteiger partial charge in [-0.25, -0.2) is 8.42 Å².